The number of rotatable bonds is 6. The van der Waals surface area contributed by atoms with E-state index >= 15 is 0 Å². The summed E-state index contributed by atoms with van der Waals surface area (Å²) in [7, 11) is 3.04. The fourth-order valence-electron chi connectivity index (χ4n) is 2.10. The smallest absolute Gasteiger partial charge is 0.167 e. The number of phenols is 1. The summed E-state index contributed by atoms with van der Waals surface area (Å²) < 4.78 is 15.9. The molecule has 5 nitrogen and oxygen atoms in total. The summed E-state index contributed by atoms with van der Waals surface area (Å²) in [4.78, 5) is 11.5. The normalized spacial score (nSPS) is 10.1. The molecule has 1 N–H and O–H groups in total. The third kappa shape index (κ3) is 3.49. The largest absolute Gasteiger partial charge is 0.507 e. The first-order valence-electron chi connectivity index (χ1n) is 6.72. The molecular weight excluding hydrogens is 284 g/mol. The number of Topliss-reactive ketones (excluding diaryl/α,β-unsaturated/α-hetero) is 1. The maximum Gasteiger partial charge on any atom is 0.167 e. The lowest BCUT2D eigenvalue weighted by Gasteiger charge is -2.12. The van der Waals surface area contributed by atoms with E-state index in [1.54, 1.807) is 13.2 Å². The van der Waals surface area contributed by atoms with Crippen molar-refractivity contribution in [3.05, 3.63) is 47.5 Å². The van der Waals surface area contributed by atoms with Crippen LogP contribution in [0.4, 0.5) is 0 Å². The van der Waals surface area contributed by atoms with Gasteiger partial charge in [-0.25, -0.2) is 0 Å². The quantitative estimate of drug-likeness (QED) is 0.830. The van der Waals surface area contributed by atoms with E-state index in [4.69, 9.17) is 14.2 Å². The molecule has 0 spiro atoms. The summed E-state index contributed by atoms with van der Waals surface area (Å²) in [6.07, 6.45) is 0. The molecule has 2 rings (SSSR count). The van der Waals surface area contributed by atoms with Gasteiger partial charge in [-0.2, -0.15) is 0 Å². The first-order chi connectivity index (χ1) is 10.5. The van der Waals surface area contributed by atoms with Crippen molar-refractivity contribution in [2.45, 2.75) is 13.5 Å². The Balaban J connectivity index is 2.19. The molecule has 0 aliphatic carbocycles. The maximum absolute atomic E-state index is 11.5. The lowest BCUT2D eigenvalue weighted by Crippen LogP contribution is -2.01. The average molecular weight is 302 g/mol. The zero-order chi connectivity index (χ0) is 16.1. The van der Waals surface area contributed by atoms with Gasteiger partial charge in [0.1, 0.15) is 35.2 Å². The van der Waals surface area contributed by atoms with E-state index in [-0.39, 0.29) is 22.8 Å². The third-order valence-corrected chi connectivity index (χ3v) is 3.17. The lowest BCUT2D eigenvalue weighted by atomic mass is 10.1. The number of hydrogen-bond donors (Lipinski definition) is 1. The van der Waals surface area contributed by atoms with Crippen LogP contribution in [0.15, 0.2) is 36.4 Å². The fraction of sp³-hybridized carbons (Fsp3) is 0.235. The molecule has 0 atom stereocenters. The number of methoxy groups -OCH3 is 2. The van der Waals surface area contributed by atoms with Gasteiger partial charge in [-0.1, -0.05) is 12.1 Å². The molecule has 0 heterocycles. The minimum atomic E-state index is -0.270. The highest BCUT2D eigenvalue weighted by atomic mass is 16.5. The third-order valence-electron chi connectivity index (χ3n) is 3.17. The maximum atomic E-state index is 11.5. The molecule has 0 saturated heterocycles. The van der Waals surface area contributed by atoms with Crippen molar-refractivity contribution in [3.63, 3.8) is 0 Å². The summed E-state index contributed by atoms with van der Waals surface area (Å²) in [6.45, 7) is 1.67. The average Bonchev–Trinajstić information content (AvgIpc) is 2.52. The standard InChI is InChI=1S/C17H18O5/c1-11(18)17-15(19)8-14(9-16(17)21-3)22-10-12-5-4-6-13(7-12)20-2/h4-9,19H,10H2,1-3H3. The summed E-state index contributed by atoms with van der Waals surface area (Å²) in [5.41, 5.74) is 1.07. The summed E-state index contributed by atoms with van der Waals surface area (Å²) in [6, 6.07) is 10.5. The van der Waals surface area contributed by atoms with Crippen LogP contribution in [0.1, 0.15) is 22.8 Å². The number of benzene rings is 2. The summed E-state index contributed by atoms with van der Waals surface area (Å²) >= 11 is 0. The minimum Gasteiger partial charge on any atom is -0.507 e. The molecule has 0 radical (unpaired) electrons. The number of carbonyl (C=O) groups excluding carboxylic acids is 1. The number of phenolic OH excluding ortho intramolecular Hbond substituents is 1. The molecule has 22 heavy (non-hydrogen) atoms. The van der Waals surface area contributed by atoms with Gasteiger partial charge >= 0.3 is 0 Å². The molecule has 0 amide bonds. The molecule has 0 bridgehead atoms. The topological polar surface area (TPSA) is 65.0 Å². The van der Waals surface area contributed by atoms with E-state index < -0.39 is 0 Å². The number of carbonyl (C=O) groups is 1. The molecule has 0 unspecified atom stereocenters. The lowest BCUT2D eigenvalue weighted by molar-refractivity contribution is 0.101. The second kappa shape index (κ2) is 6.85. The Kier molecular flexibility index (Phi) is 4.88. The van der Waals surface area contributed by atoms with E-state index in [9.17, 15) is 9.90 Å². The van der Waals surface area contributed by atoms with Crippen molar-refractivity contribution in [2.24, 2.45) is 0 Å². The molecular formula is C17H18O5. The van der Waals surface area contributed by atoms with Gasteiger partial charge in [-0.15, -0.1) is 0 Å². The van der Waals surface area contributed by atoms with Crippen LogP contribution in [0.2, 0.25) is 0 Å². The van der Waals surface area contributed by atoms with E-state index in [1.807, 2.05) is 24.3 Å². The van der Waals surface area contributed by atoms with Crippen LogP contribution >= 0.6 is 0 Å². The van der Waals surface area contributed by atoms with Crippen LogP contribution in [0, 0.1) is 0 Å². The SMILES string of the molecule is COc1cccc(COc2cc(O)c(C(C)=O)c(OC)c2)c1. The van der Waals surface area contributed by atoms with Crippen molar-refractivity contribution in [3.8, 4) is 23.0 Å². The number of ether oxygens (including phenoxy) is 3. The predicted octanol–water partition coefficient (Wildman–Crippen LogP) is 3.19. The highest BCUT2D eigenvalue weighted by Crippen LogP contribution is 2.34. The van der Waals surface area contributed by atoms with Crippen molar-refractivity contribution in [2.75, 3.05) is 14.2 Å². The first-order valence-corrected chi connectivity index (χ1v) is 6.72. The Labute approximate surface area is 129 Å². The molecule has 5 heteroatoms. The zero-order valence-electron chi connectivity index (χ0n) is 12.8. The second-order valence-corrected chi connectivity index (χ2v) is 4.72. The minimum absolute atomic E-state index is 0.149. The Morgan fingerprint density at radius 3 is 2.50 bits per heavy atom. The Morgan fingerprint density at radius 2 is 1.86 bits per heavy atom. The molecule has 116 valence electrons. The molecule has 2 aromatic rings. The van der Waals surface area contributed by atoms with Gasteiger partial charge in [0.2, 0.25) is 0 Å². The highest BCUT2D eigenvalue weighted by molar-refractivity contribution is 5.99. The summed E-state index contributed by atoms with van der Waals surface area (Å²) in [5, 5.41) is 9.95. The van der Waals surface area contributed by atoms with Crippen LogP contribution in [-0.2, 0) is 6.61 Å². The molecule has 0 aliphatic rings. The van der Waals surface area contributed by atoms with Crippen LogP contribution < -0.4 is 14.2 Å². The van der Waals surface area contributed by atoms with Gasteiger partial charge < -0.3 is 19.3 Å². The Hall–Kier alpha value is -2.69. The van der Waals surface area contributed by atoms with Crippen molar-refractivity contribution in [1.82, 2.24) is 0 Å². The molecule has 2 aromatic carbocycles. The van der Waals surface area contributed by atoms with E-state index in [2.05, 4.69) is 0 Å². The molecule has 0 aromatic heterocycles. The first kappa shape index (κ1) is 15.7. The Bertz CT molecular complexity index is 679. The fourth-order valence-corrected chi connectivity index (χ4v) is 2.10. The molecule has 0 fully saturated rings. The van der Waals surface area contributed by atoms with Gasteiger partial charge in [0, 0.05) is 12.1 Å². The molecule has 0 aliphatic heterocycles. The predicted molar refractivity (Wildman–Crippen MR) is 82.0 cm³/mol. The van der Waals surface area contributed by atoms with Crippen LogP contribution in [0.3, 0.4) is 0 Å². The van der Waals surface area contributed by atoms with E-state index in [1.165, 1.54) is 20.1 Å². The van der Waals surface area contributed by atoms with Gasteiger partial charge in [-0.3, -0.25) is 4.79 Å². The van der Waals surface area contributed by atoms with Gasteiger partial charge in [0.25, 0.3) is 0 Å². The zero-order valence-corrected chi connectivity index (χ0v) is 12.8. The number of ketones is 1. The highest BCUT2D eigenvalue weighted by Gasteiger charge is 2.16. The van der Waals surface area contributed by atoms with Crippen molar-refractivity contribution < 1.29 is 24.1 Å². The van der Waals surface area contributed by atoms with Crippen LogP contribution in [-0.4, -0.2) is 25.1 Å². The van der Waals surface area contributed by atoms with Crippen LogP contribution in [0.5, 0.6) is 23.0 Å². The summed E-state index contributed by atoms with van der Waals surface area (Å²) in [5.74, 6) is 1.02. The Morgan fingerprint density at radius 1 is 1.09 bits per heavy atom. The van der Waals surface area contributed by atoms with E-state index in [0.717, 1.165) is 11.3 Å². The number of hydrogen-bond acceptors (Lipinski definition) is 5. The molecule has 0 saturated carbocycles. The van der Waals surface area contributed by atoms with Crippen molar-refractivity contribution in [1.29, 1.82) is 0 Å². The number of aromatic hydroxyl groups is 1. The monoisotopic (exact) mass is 302 g/mol. The van der Waals surface area contributed by atoms with Crippen LogP contribution in [0.25, 0.3) is 0 Å². The second-order valence-electron chi connectivity index (χ2n) is 4.72. The van der Waals surface area contributed by atoms with Gasteiger partial charge in [0.05, 0.1) is 14.2 Å². The van der Waals surface area contributed by atoms with Gasteiger partial charge in [0.15, 0.2) is 5.78 Å². The van der Waals surface area contributed by atoms with E-state index in [0.29, 0.717) is 12.4 Å². The van der Waals surface area contributed by atoms with Gasteiger partial charge in [-0.05, 0) is 24.6 Å². The van der Waals surface area contributed by atoms with Crippen molar-refractivity contribution >= 4 is 5.78 Å².